The van der Waals surface area contributed by atoms with Gasteiger partial charge in [0.1, 0.15) is 0 Å². The summed E-state index contributed by atoms with van der Waals surface area (Å²) in [6.07, 6.45) is 0. The van der Waals surface area contributed by atoms with Crippen molar-refractivity contribution in [3.63, 3.8) is 0 Å². The van der Waals surface area contributed by atoms with Gasteiger partial charge >= 0.3 is 0 Å². The third kappa shape index (κ3) is 4.40. The molecule has 4 nitrogen and oxygen atoms in total. The van der Waals surface area contributed by atoms with E-state index in [0.29, 0.717) is 17.5 Å². The van der Waals surface area contributed by atoms with Gasteiger partial charge in [-0.3, -0.25) is 0 Å². The van der Waals surface area contributed by atoms with Crippen molar-refractivity contribution in [1.82, 2.24) is 15.0 Å². The molecule has 0 fully saturated rings. The van der Waals surface area contributed by atoms with Gasteiger partial charge in [0.05, 0.1) is 11.4 Å². The Morgan fingerprint density at radius 2 is 0.957 bits per heavy atom. The number of fused-ring (bicyclic) bond motifs is 7. The van der Waals surface area contributed by atoms with E-state index in [-0.39, 0.29) is 0 Å². The van der Waals surface area contributed by atoms with Crippen LogP contribution in [0.1, 0.15) is 0 Å². The lowest BCUT2D eigenvalue weighted by Crippen LogP contribution is -2.11. The normalized spacial score (nSPS) is 11.9. The number of hydrogen-bond acceptors (Lipinski definition) is 5. The number of para-hydroxylation sites is 2. The molecule has 1 aliphatic heterocycles. The van der Waals surface area contributed by atoms with E-state index < -0.39 is 0 Å². The molecule has 0 spiro atoms. The molecule has 5 heteroatoms. The molecule has 0 saturated carbocycles. The zero-order valence-electron chi connectivity index (χ0n) is 24.7. The number of hydrogen-bond donors (Lipinski definition) is 0. The summed E-state index contributed by atoms with van der Waals surface area (Å²) in [5.74, 6) is 1.93. The molecule has 6 aromatic carbocycles. The van der Waals surface area contributed by atoms with Crippen molar-refractivity contribution in [3.8, 4) is 55.7 Å². The van der Waals surface area contributed by atoms with E-state index in [1.807, 2.05) is 72.0 Å². The molecule has 0 atom stereocenters. The monoisotopic (exact) mass is 606 g/mol. The molecule has 3 heterocycles. The Bertz CT molecular complexity index is 2320. The summed E-state index contributed by atoms with van der Waals surface area (Å²) in [7, 11) is 0. The first kappa shape index (κ1) is 26.5. The average Bonchev–Trinajstić information content (AvgIpc) is 3.47. The molecule has 9 rings (SSSR count). The van der Waals surface area contributed by atoms with Crippen molar-refractivity contribution in [1.29, 1.82) is 0 Å². The molecule has 1 aliphatic rings. The highest BCUT2D eigenvalue weighted by molar-refractivity contribution is 7.23. The van der Waals surface area contributed by atoms with Crippen LogP contribution >= 0.6 is 11.3 Å². The molecule has 0 bridgehead atoms. The highest BCUT2D eigenvalue weighted by Gasteiger charge is 2.29. The lowest BCUT2D eigenvalue weighted by Gasteiger charge is -2.27. The predicted molar refractivity (Wildman–Crippen MR) is 191 cm³/mol. The van der Waals surface area contributed by atoms with Crippen molar-refractivity contribution < 1.29 is 0 Å². The van der Waals surface area contributed by atoms with Gasteiger partial charge in [-0.25, -0.2) is 15.0 Å². The van der Waals surface area contributed by atoms with Gasteiger partial charge in [-0.05, 0) is 30.3 Å². The van der Waals surface area contributed by atoms with Crippen LogP contribution in [0.4, 0.5) is 17.1 Å². The molecule has 0 radical (unpaired) electrons. The van der Waals surface area contributed by atoms with Gasteiger partial charge in [0.2, 0.25) is 0 Å². The highest BCUT2D eigenvalue weighted by Crippen LogP contribution is 2.55. The Labute approximate surface area is 271 Å². The Morgan fingerprint density at radius 3 is 1.65 bits per heavy atom. The van der Waals surface area contributed by atoms with Gasteiger partial charge in [-0.1, -0.05) is 127 Å². The predicted octanol–water partition coefficient (Wildman–Crippen LogP) is 11.2. The average molecular weight is 607 g/mol. The number of benzene rings is 6. The van der Waals surface area contributed by atoms with Crippen LogP contribution in [-0.4, -0.2) is 15.0 Å². The molecular weight excluding hydrogens is 581 g/mol. The van der Waals surface area contributed by atoms with Crippen LogP contribution in [0.2, 0.25) is 0 Å². The smallest absolute Gasteiger partial charge is 0.164 e. The highest BCUT2D eigenvalue weighted by atomic mass is 32.1. The van der Waals surface area contributed by atoms with Gasteiger partial charge in [-0.2, -0.15) is 0 Å². The van der Waals surface area contributed by atoms with Crippen LogP contribution in [0, 0.1) is 0 Å². The number of thiophene rings is 1. The molecule has 0 unspecified atom stereocenters. The minimum absolute atomic E-state index is 0.635. The lowest BCUT2D eigenvalue weighted by molar-refractivity contribution is 1.07. The van der Waals surface area contributed by atoms with Crippen LogP contribution < -0.4 is 4.90 Å². The minimum Gasteiger partial charge on any atom is -0.309 e. The minimum atomic E-state index is 0.635. The van der Waals surface area contributed by atoms with Crippen molar-refractivity contribution in [2.24, 2.45) is 0 Å². The van der Waals surface area contributed by atoms with E-state index in [2.05, 4.69) is 102 Å². The van der Waals surface area contributed by atoms with E-state index in [0.717, 1.165) is 33.8 Å². The second kappa shape index (κ2) is 10.9. The van der Waals surface area contributed by atoms with Crippen molar-refractivity contribution >= 4 is 38.5 Å². The molecule has 2 aromatic heterocycles. The first-order chi connectivity index (χ1) is 22.8. The number of anilines is 3. The second-order valence-electron chi connectivity index (χ2n) is 11.3. The first-order valence-corrected chi connectivity index (χ1v) is 16.1. The van der Waals surface area contributed by atoms with Crippen LogP contribution in [0.5, 0.6) is 0 Å². The fourth-order valence-corrected chi connectivity index (χ4v) is 7.62. The van der Waals surface area contributed by atoms with E-state index in [1.54, 1.807) is 0 Å². The maximum atomic E-state index is 5.01. The molecule has 216 valence electrons. The molecular formula is C41H26N4S. The lowest BCUT2D eigenvalue weighted by atomic mass is 9.99. The fraction of sp³-hybridized carbons (Fsp3) is 0. The third-order valence-electron chi connectivity index (χ3n) is 8.46. The molecule has 8 aromatic rings. The summed E-state index contributed by atoms with van der Waals surface area (Å²) in [4.78, 5) is 18.6. The largest absolute Gasteiger partial charge is 0.309 e. The Balaban J connectivity index is 1.25. The Hall–Kier alpha value is -5.91. The van der Waals surface area contributed by atoms with Gasteiger partial charge in [0.25, 0.3) is 0 Å². The Kier molecular flexibility index (Phi) is 6.28. The molecule has 0 aliphatic carbocycles. The van der Waals surface area contributed by atoms with E-state index in [4.69, 9.17) is 15.0 Å². The van der Waals surface area contributed by atoms with E-state index in [1.165, 1.54) is 31.7 Å². The van der Waals surface area contributed by atoms with Crippen LogP contribution in [0.25, 0.3) is 65.8 Å². The summed E-state index contributed by atoms with van der Waals surface area (Å²) in [5, 5.41) is 1.28. The number of nitrogens with zero attached hydrogens (tertiary/aromatic N) is 4. The van der Waals surface area contributed by atoms with Crippen molar-refractivity contribution in [3.05, 3.63) is 158 Å². The van der Waals surface area contributed by atoms with E-state index in [9.17, 15) is 0 Å². The standard InChI is InChI=1S/C41H26N4S/c1-3-14-27(15-4-1)39-42-40(28-16-5-2-6-17-28)44-41(43-39)29-18-13-19-30(26-29)45-34-23-10-7-20-31(34)37-33-22-9-12-25-36(33)46-38(37)32-21-8-11-24-35(32)45/h1-26H. The van der Waals surface area contributed by atoms with Crippen LogP contribution in [0.15, 0.2) is 158 Å². The van der Waals surface area contributed by atoms with Gasteiger partial charge < -0.3 is 4.90 Å². The summed E-state index contributed by atoms with van der Waals surface area (Å²) in [6.45, 7) is 0. The van der Waals surface area contributed by atoms with Crippen LogP contribution in [0.3, 0.4) is 0 Å². The number of rotatable bonds is 4. The zero-order chi connectivity index (χ0) is 30.5. The van der Waals surface area contributed by atoms with Crippen molar-refractivity contribution in [2.75, 3.05) is 4.90 Å². The number of aromatic nitrogens is 3. The summed E-state index contributed by atoms with van der Waals surface area (Å²) < 4.78 is 1.30. The second-order valence-corrected chi connectivity index (χ2v) is 12.3. The third-order valence-corrected chi connectivity index (χ3v) is 9.67. The summed E-state index contributed by atoms with van der Waals surface area (Å²) >= 11 is 1.86. The SMILES string of the molecule is c1ccc(-c2nc(-c3ccccc3)nc(-c3cccc(N4c5ccccc5-c5sc6ccccc6c5-c5ccccc54)c3)n2)cc1. The van der Waals surface area contributed by atoms with Gasteiger partial charge in [0.15, 0.2) is 17.5 Å². The quantitative estimate of drug-likeness (QED) is 0.200. The first-order valence-electron chi connectivity index (χ1n) is 15.3. The summed E-state index contributed by atoms with van der Waals surface area (Å²) in [6, 6.07) is 55.0. The zero-order valence-corrected chi connectivity index (χ0v) is 25.5. The van der Waals surface area contributed by atoms with Gasteiger partial charge in [-0.15, -0.1) is 11.3 Å². The van der Waals surface area contributed by atoms with Crippen molar-refractivity contribution in [2.45, 2.75) is 0 Å². The molecule has 0 N–H and O–H groups in total. The Morgan fingerprint density at radius 1 is 0.435 bits per heavy atom. The molecule has 0 amide bonds. The maximum absolute atomic E-state index is 5.01. The topological polar surface area (TPSA) is 41.9 Å². The van der Waals surface area contributed by atoms with Crippen LogP contribution in [-0.2, 0) is 0 Å². The molecule has 46 heavy (non-hydrogen) atoms. The summed E-state index contributed by atoms with van der Waals surface area (Å²) in [5.41, 5.74) is 9.88. The van der Waals surface area contributed by atoms with Gasteiger partial charge in [0, 0.05) is 54.0 Å². The molecule has 0 saturated heterocycles. The maximum Gasteiger partial charge on any atom is 0.164 e. The van der Waals surface area contributed by atoms with E-state index >= 15 is 0 Å². The fourth-order valence-electron chi connectivity index (χ4n) is 6.37.